The minimum Gasteiger partial charge on any atom is -0.355 e. The molecule has 1 amide bonds. The molecule has 0 radical (unpaired) electrons. The predicted octanol–water partition coefficient (Wildman–Crippen LogP) is 0.341. The van der Waals surface area contributed by atoms with Crippen molar-refractivity contribution >= 4 is 17.5 Å². The number of nitrogens with one attached hydrogen (secondary N) is 2. The van der Waals surface area contributed by atoms with Gasteiger partial charge in [-0.15, -0.1) is 0 Å². The van der Waals surface area contributed by atoms with Gasteiger partial charge in [0.1, 0.15) is 17.5 Å². The molecule has 0 aliphatic carbocycles. The van der Waals surface area contributed by atoms with Gasteiger partial charge in [0, 0.05) is 19.2 Å². The normalized spacial score (nSPS) is 10.2. The van der Waals surface area contributed by atoms with Crippen LogP contribution in [0.2, 0.25) is 0 Å². The standard InChI is InChI=1S/C12H22N6O/c1-5-6-14-10(19)7-18(4)12-8(2)11(17-13)15-9(3)16-12/h5-7,13H2,1-4H3,(H,14,19)(H,15,16,17). The molecule has 106 valence electrons. The van der Waals surface area contributed by atoms with Crippen LogP contribution in [0.15, 0.2) is 0 Å². The van der Waals surface area contributed by atoms with E-state index in [1.165, 1.54) is 0 Å². The fourth-order valence-corrected chi connectivity index (χ4v) is 1.74. The summed E-state index contributed by atoms with van der Waals surface area (Å²) in [5.41, 5.74) is 3.36. The summed E-state index contributed by atoms with van der Waals surface area (Å²) in [4.78, 5) is 22.0. The lowest BCUT2D eigenvalue weighted by Crippen LogP contribution is -2.36. The molecule has 1 aromatic rings. The van der Waals surface area contributed by atoms with Gasteiger partial charge in [-0.3, -0.25) is 4.79 Å². The Morgan fingerprint density at radius 1 is 1.37 bits per heavy atom. The first kappa shape index (κ1) is 15.2. The first-order valence-corrected chi connectivity index (χ1v) is 6.29. The van der Waals surface area contributed by atoms with Crippen molar-refractivity contribution in [2.45, 2.75) is 27.2 Å². The Labute approximate surface area is 113 Å². The predicted molar refractivity (Wildman–Crippen MR) is 75.9 cm³/mol. The van der Waals surface area contributed by atoms with Gasteiger partial charge in [-0.25, -0.2) is 15.8 Å². The van der Waals surface area contributed by atoms with E-state index in [9.17, 15) is 4.79 Å². The molecule has 0 saturated carbocycles. The molecule has 0 aromatic carbocycles. The molecule has 0 aliphatic heterocycles. The number of carbonyl (C=O) groups excluding carboxylic acids is 1. The third kappa shape index (κ3) is 4.06. The van der Waals surface area contributed by atoms with Crippen LogP contribution in [0.3, 0.4) is 0 Å². The van der Waals surface area contributed by atoms with Crippen molar-refractivity contribution in [1.29, 1.82) is 0 Å². The second-order valence-electron chi connectivity index (χ2n) is 4.42. The number of nitrogens with two attached hydrogens (primary N) is 1. The van der Waals surface area contributed by atoms with E-state index in [0.29, 0.717) is 24.0 Å². The number of hydrogen-bond acceptors (Lipinski definition) is 6. The quantitative estimate of drug-likeness (QED) is 0.507. The van der Waals surface area contributed by atoms with Crippen molar-refractivity contribution in [1.82, 2.24) is 15.3 Å². The smallest absolute Gasteiger partial charge is 0.239 e. The average Bonchev–Trinajstić information content (AvgIpc) is 2.38. The zero-order valence-corrected chi connectivity index (χ0v) is 11.9. The molecule has 19 heavy (non-hydrogen) atoms. The first-order chi connectivity index (χ1) is 8.99. The fourth-order valence-electron chi connectivity index (χ4n) is 1.74. The highest BCUT2D eigenvalue weighted by molar-refractivity contribution is 5.81. The molecule has 0 saturated heterocycles. The molecule has 1 aromatic heterocycles. The van der Waals surface area contributed by atoms with Crippen molar-refractivity contribution in [2.24, 2.45) is 5.84 Å². The largest absolute Gasteiger partial charge is 0.355 e. The third-order valence-corrected chi connectivity index (χ3v) is 2.68. The lowest BCUT2D eigenvalue weighted by Gasteiger charge is -2.21. The van der Waals surface area contributed by atoms with Crippen LogP contribution >= 0.6 is 0 Å². The molecule has 0 spiro atoms. The lowest BCUT2D eigenvalue weighted by molar-refractivity contribution is -0.119. The van der Waals surface area contributed by atoms with E-state index >= 15 is 0 Å². The first-order valence-electron chi connectivity index (χ1n) is 6.29. The number of nitrogens with zero attached hydrogens (tertiary/aromatic N) is 3. The maximum absolute atomic E-state index is 11.7. The van der Waals surface area contributed by atoms with Gasteiger partial charge in [-0.05, 0) is 20.3 Å². The molecule has 0 aliphatic rings. The highest BCUT2D eigenvalue weighted by Crippen LogP contribution is 2.21. The minimum atomic E-state index is -0.0257. The number of carbonyl (C=O) groups is 1. The van der Waals surface area contributed by atoms with Gasteiger partial charge >= 0.3 is 0 Å². The average molecular weight is 266 g/mol. The van der Waals surface area contributed by atoms with E-state index in [1.54, 1.807) is 11.8 Å². The van der Waals surface area contributed by atoms with E-state index < -0.39 is 0 Å². The Morgan fingerprint density at radius 3 is 2.63 bits per heavy atom. The van der Waals surface area contributed by atoms with Crippen LogP contribution in [-0.4, -0.2) is 36.0 Å². The number of aromatic nitrogens is 2. The molecule has 7 heteroatoms. The Balaban J connectivity index is 2.84. The molecule has 1 heterocycles. The van der Waals surface area contributed by atoms with Crippen LogP contribution in [0.4, 0.5) is 11.6 Å². The van der Waals surface area contributed by atoms with Gasteiger partial charge in [0.05, 0.1) is 6.54 Å². The van der Waals surface area contributed by atoms with Crippen LogP contribution < -0.4 is 21.5 Å². The van der Waals surface area contributed by atoms with Crippen LogP contribution in [0.1, 0.15) is 24.7 Å². The Morgan fingerprint density at radius 2 is 2.05 bits per heavy atom. The summed E-state index contributed by atoms with van der Waals surface area (Å²) in [5, 5.41) is 2.83. The van der Waals surface area contributed by atoms with Gasteiger partial charge in [0.15, 0.2) is 0 Å². The molecule has 0 atom stereocenters. The van der Waals surface area contributed by atoms with Crippen LogP contribution in [0.5, 0.6) is 0 Å². The number of hydrazine groups is 1. The molecule has 4 N–H and O–H groups in total. The molecular formula is C12H22N6O. The van der Waals surface area contributed by atoms with Crippen molar-refractivity contribution in [2.75, 3.05) is 30.5 Å². The number of nitrogen functional groups attached to an aromatic ring is 1. The van der Waals surface area contributed by atoms with E-state index in [0.717, 1.165) is 12.0 Å². The van der Waals surface area contributed by atoms with E-state index in [2.05, 4.69) is 20.7 Å². The zero-order valence-electron chi connectivity index (χ0n) is 11.9. The minimum absolute atomic E-state index is 0.0257. The summed E-state index contributed by atoms with van der Waals surface area (Å²) in [5.74, 6) is 7.27. The number of likely N-dealkylation sites (N-methyl/N-ethyl adjacent to an activating group) is 1. The van der Waals surface area contributed by atoms with E-state index in [1.807, 2.05) is 20.9 Å². The number of hydrogen-bond donors (Lipinski definition) is 3. The zero-order chi connectivity index (χ0) is 14.4. The van der Waals surface area contributed by atoms with Gasteiger partial charge in [0.25, 0.3) is 0 Å². The Hall–Kier alpha value is -1.89. The molecule has 7 nitrogen and oxygen atoms in total. The monoisotopic (exact) mass is 266 g/mol. The molecule has 0 fully saturated rings. The number of amides is 1. The van der Waals surface area contributed by atoms with Crippen molar-refractivity contribution < 1.29 is 4.79 Å². The highest BCUT2D eigenvalue weighted by atomic mass is 16.2. The van der Waals surface area contributed by atoms with E-state index in [4.69, 9.17) is 5.84 Å². The van der Waals surface area contributed by atoms with Crippen LogP contribution in [0, 0.1) is 13.8 Å². The number of rotatable bonds is 6. The number of aryl methyl sites for hydroxylation is 1. The molecule has 0 bridgehead atoms. The SMILES string of the molecule is CCCNC(=O)CN(C)c1nc(C)nc(NN)c1C. The highest BCUT2D eigenvalue weighted by Gasteiger charge is 2.14. The molecular weight excluding hydrogens is 244 g/mol. The third-order valence-electron chi connectivity index (χ3n) is 2.68. The molecule has 1 rings (SSSR count). The van der Waals surface area contributed by atoms with Gasteiger partial charge < -0.3 is 15.6 Å². The van der Waals surface area contributed by atoms with Gasteiger partial charge in [-0.1, -0.05) is 6.92 Å². The maximum Gasteiger partial charge on any atom is 0.239 e. The number of anilines is 2. The Kier molecular flexibility index (Phi) is 5.50. The van der Waals surface area contributed by atoms with Crippen molar-refractivity contribution in [3.8, 4) is 0 Å². The van der Waals surface area contributed by atoms with Gasteiger partial charge in [0.2, 0.25) is 5.91 Å². The molecule has 0 unspecified atom stereocenters. The summed E-state index contributed by atoms with van der Waals surface area (Å²) in [7, 11) is 1.82. The maximum atomic E-state index is 11.7. The van der Waals surface area contributed by atoms with Crippen molar-refractivity contribution in [3.63, 3.8) is 0 Å². The van der Waals surface area contributed by atoms with E-state index in [-0.39, 0.29) is 12.5 Å². The fraction of sp³-hybridized carbons (Fsp3) is 0.583. The summed E-state index contributed by atoms with van der Waals surface area (Å²) < 4.78 is 0. The second kappa shape index (κ2) is 6.89. The topological polar surface area (TPSA) is 96.2 Å². The van der Waals surface area contributed by atoms with Gasteiger partial charge in [-0.2, -0.15) is 0 Å². The summed E-state index contributed by atoms with van der Waals surface area (Å²) in [6, 6.07) is 0. The summed E-state index contributed by atoms with van der Waals surface area (Å²) in [6.45, 7) is 6.60. The summed E-state index contributed by atoms with van der Waals surface area (Å²) in [6.07, 6.45) is 0.919. The summed E-state index contributed by atoms with van der Waals surface area (Å²) >= 11 is 0. The lowest BCUT2D eigenvalue weighted by atomic mass is 10.3. The second-order valence-corrected chi connectivity index (χ2v) is 4.42. The Bertz CT molecular complexity index is 448. The van der Waals surface area contributed by atoms with Crippen molar-refractivity contribution in [3.05, 3.63) is 11.4 Å². The van der Waals surface area contributed by atoms with Crippen LogP contribution in [0.25, 0.3) is 0 Å². The van der Waals surface area contributed by atoms with Crippen LogP contribution in [-0.2, 0) is 4.79 Å².